The molecule has 1 unspecified atom stereocenters. The van der Waals surface area contributed by atoms with Crippen LogP contribution in [0.5, 0.6) is 0 Å². The van der Waals surface area contributed by atoms with E-state index >= 15 is 0 Å². The molecule has 3 rings (SSSR count). The molecule has 0 radical (unpaired) electrons. The quantitative estimate of drug-likeness (QED) is 0.658. The van der Waals surface area contributed by atoms with Crippen molar-refractivity contribution in [2.75, 3.05) is 14.2 Å². The minimum atomic E-state index is 0.888. The van der Waals surface area contributed by atoms with Crippen LogP contribution in [0.25, 0.3) is 0 Å². The summed E-state index contributed by atoms with van der Waals surface area (Å²) in [5.74, 6) is 2.82. The molecule has 1 saturated carbocycles. The maximum Gasteiger partial charge on any atom is 0.0351 e. The molecule has 1 aromatic carbocycles. The Morgan fingerprint density at radius 1 is 1.06 bits per heavy atom. The Kier molecular flexibility index (Phi) is 4.82. The molecule has 0 aromatic heterocycles. The first-order valence-corrected chi connectivity index (χ1v) is 7.25. The molecule has 1 heteroatoms. The standard InChI is InChI=1S/C15H20.C2H6O/c1-11-5-4-8-15-13(11)10-9-12-6-2-3-7-14(12)15;1-3-2/h2-3,6-7,11,13,15H,4-5,8-10H2,1H3;1-2H3/t11-,13+,15?;/m0./s1. The van der Waals surface area contributed by atoms with Crippen molar-refractivity contribution < 1.29 is 4.74 Å². The summed E-state index contributed by atoms with van der Waals surface area (Å²) in [6, 6.07) is 9.14. The van der Waals surface area contributed by atoms with Gasteiger partial charge in [0.1, 0.15) is 0 Å². The molecule has 1 nitrogen and oxygen atoms in total. The second-order valence-electron chi connectivity index (χ2n) is 5.82. The van der Waals surface area contributed by atoms with E-state index in [4.69, 9.17) is 0 Å². The van der Waals surface area contributed by atoms with Gasteiger partial charge < -0.3 is 4.74 Å². The van der Waals surface area contributed by atoms with Gasteiger partial charge in [0.25, 0.3) is 0 Å². The zero-order valence-electron chi connectivity index (χ0n) is 12.0. The zero-order chi connectivity index (χ0) is 13.0. The highest BCUT2D eigenvalue weighted by atomic mass is 16.4. The number of aryl methyl sites for hydroxylation is 1. The molecule has 0 heterocycles. The van der Waals surface area contributed by atoms with Gasteiger partial charge in [0.05, 0.1) is 0 Å². The second-order valence-corrected chi connectivity index (χ2v) is 5.82. The first-order chi connectivity index (χ1) is 8.77. The minimum absolute atomic E-state index is 0.888. The van der Waals surface area contributed by atoms with E-state index in [-0.39, 0.29) is 0 Å². The third-order valence-electron chi connectivity index (χ3n) is 4.62. The lowest BCUT2D eigenvalue weighted by Crippen LogP contribution is -2.29. The fraction of sp³-hybridized carbons (Fsp3) is 0.647. The van der Waals surface area contributed by atoms with E-state index in [2.05, 4.69) is 35.9 Å². The zero-order valence-corrected chi connectivity index (χ0v) is 12.0. The van der Waals surface area contributed by atoms with Gasteiger partial charge in [-0.25, -0.2) is 0 Å². The normalized spacial score (nSPS) is 29.6. The van der Waals surface area contributed by atoms with Crippen LogP contribution in [0, 0.1) is 11.8 Å². The number of fused-ring (bicyclic) bond motifs is 3. The molecule has 18 heavy (non-hydrogen) atoms. The number of ether oxygens (including phenoxy) is 1. The summed E-state index contributed by atoms with van der Waals surface area (Å²) in [5.41, 5.74) is 3.31. The number of hydrogen-bond acceptors (Lipinski definition) is 1. The van der Waals surface area contributed by atoms with Gasteiger partial charge in [-0.1, -0.05) is 44.0 Å². The second kappa shape index (κ2) is 6.38. The van der Waals surface area contributed by atoms with Crippen molar-refractivity contribution in [1.29, 1.82) is 0 Å². The van der Waals surface area contributed by atoms with Crippen LogP contribution in [0.2, 0.25) is 0 Å². The molecule has 0 amide bonds. The number of benzene rings is 1. The molecular formula is C17H26O. The smallest absolute Gasteiger partial charge is 0.0351 e. The molecule has 100 valence electrons. The van der Waals surface area contributed by atoms with E-state index in [9.17, 15) is 0 Å². The molecule has 0 aliphatic heterocycles. The van der Waals surface area contributed by atoms with Crippen LogP contribution in [0.3, 0.4) is 0 Å². The summed E-state index contributed by atoms with van der Waals surface area (Å²) in [6.07, 6.45) is 7.09. The predicted octanol–water partition coefficient (Wildman–Crippen LogP) is 4.42. The molecule has 2 aliphatic carbocycles. The monoisotopic (exact) mass is 246 g/mol. The fourth-order valence-electron chi connectivity index (χ4n) is 3.80. The van der Waals surface area contributed by atoms with Crippen LogP contribution in [-0.2, 0) is 11.2 Å². The highest BCUT2D eigenvalue weighted by molar-refractivity contribution is 5.33. The molecule has 3 atom stereocenters. The Labute approximate surface area is 112 Å². The van der Waals surface area contributed by atoms with E-state index in [0.717, 1.165) is 17.8 Å². The average molecular weight is 246 g/mol. The van der Waals surface area contributed by atoms with E-state index in [0.29, 0.717) is 0 Å². The van der Waals surface area contributed by atoms with Crippen LogP contribution in [0.4, 0.5) is 0 Å². The number of rotatable bonds is 0. The topological polar surface area (TPSA) is 9.23 Å². The maximum absolute atomic E-state index is 4.25. The lowest BCUT2D eigenvalue weighted by atomic mass is 9.64. The maximum atomic E-state index is 4.25. The predicted molar refractivity (Wildman–Crippen MR) is 76.9 cm³/mol. The molecule has 0 bridgehead atoms. The van der Waals surface area contributed by atoms with E-state index in [1.54, 1.807) is 25.3 Å². The van der Waals surface area contributed by atoms with Gasteiger partial charge in [0.15, 0.2) is 0 Å². The van der Waals surface area contributed by atoms with Crippen LogP contribution in [0.15, 0.2) is 24.3 Å². The SMILES string of the molecule is COC.C[C@H]1CCCC2c3ccccc3CC[C@@H]21. The highest BCUT2D eigenvalue weighted by Crippen LogP contribution is 2.47. The van der Waals surface area contributed by atoms with Gasteiger partial charge in [-0.15, -0.1) is 0 Å². The van der Waals surface area contributed by atoms with Gasteiger partial charge in [-0.05, 0) is 48.1 Å². The van der Waals surface area contributed by atoms with Crippen molar-refractivity contribution in [3.8, 4) is 0 Å². The molecular weight excluding hydrogens is 220 g/mol. The third-order valence-corrected chi connectivity index (χ3v) is 4.62. The first kappa shape index (κ1) is 13.6. The highest BCUT2D eigenvalue weighted by Gasteiger charge is 2.35. The van der Waals surface area contributed by atoms with Crippen LogP contribution >= 0.6 is 0 Å². The van der Waals surface area contributed by atoms with Crippen molar-refractivity contribution in [2.45, 2.75) is 44.9 Å². The van der Waals surface area contributed by atoms with Gasteiger partial charge >= 0.3 is 0 Å². The van der Waals surface area contributed by atoms with E-state index < -0.39 is 0 Å². The first-order valence-electron chi connectivity index (χ1n) is 7.25. The van der Waals surface area contributed by atoms with Gasteiger partial charge in [0, 0.05) is 14.2 Å². The Balaban J connectivity index is 0.000000367. The van der Waals surface area contributed by atoms with Crippen molar-refractivity contribution >= 4 is 0 Å². The van der Waals surface area contributed by atoms with Crippen LogP contribution in [-0.4, -0.2) is 14.2 Å². The Hall–Kier alpha value is -0.820. The molecule has 0 saturated heterocycles. The van der Waals surface area contributed by atoms with Crippen molar-refractivity contribution in [2.24, 2.45) is 11.8 Å². The van der Waals surface area contributed by atoms with Crippen LogP contribution < -0.4 is 0 Å². The van der Waals surface area contributed by atoms with Gasteiger partial charge in [-0.2, -0.15) is 0 Å². The summed E-state index contributed by atoms with van der Waals surface area (Å²) in [6.45, 7) is 2.46. The molecule has 1 aromatic rings. The van der Waals surface area contributed by atoms with Crippen molar-refractivity contribution in [3.05, 3.63) is 35.4 Å². The summed E-state index contributed by atoms with van der Waals surface area (Å²) in [7, 11) is 3.25. The van der Waals surface area contributed by atoms with Crippen molar-refractivity contribution in [1.82, 2.24) is 0 Å². The summed E-state index contributed by atoms with van der Waals surface area (Å²) in [4.78, 5) is 0. The van der Waals surface area contributed by atoms with E-state index in [1.165, 1.54) is 32.1 Å². The summed E-state index contributed by atoms with van der Waals surface area (Å²) < 4.78 is 4.25. The molecule has 2 aliphatic rings. The Bertz CT molecular complexity index is 372. The lowest BCUT2D eigenvalue weighted by Gasteiger charge is -2.41. The number of hydrogen-bond donors (Lipinski definition) is 0. The largest absolute Gasteiger partial charge is 0.388 e. The Morgan fingerprint density at radius 2 is 1.78 bits per heavy atom. The molecule has 0 N–H and O–H groups in total. The third kappa shape index (κ3) is 2.77. The minimum Gasteiger partial charge on any atom is -0.388 e. The lowest BCUT2D eigenvalue weighted by molar-refractivity contribution is 0.195. The number of methoxy groups -OCH3 is 1. The van der Waals surface area contributed by atoms with E-state index in [1.807, 2.05) is 0 Å². The summed E-state index contributed by atoms with van der Waals surface area (Å²) in [5, 5.41) is 0. The summed E-state index contributed by atoms with van der Waals surface area (Å²) >= 11 is 0. The molecule has 0 spiro atoms. The van der Waals surface area contributed by atoms with Gasteiger partial charge in [-0.3, -0.25) is 0 Å². The van der Waals surface area contributed by atoms with Crippen molar-refractivity contribution in [3.63, 3.8) is 0 Å². The van der Waals surface area contributed by atoms with Gasteiger partial charge in [0.2, 0.25) is 0 Å². The van der Waals surface area contributed by atoms with Crippen LogP contribution in [0.1, 0.15) is 49.7 Å². The fourth-order valence-corrected chi connectivity index (χ4v) is 3.80. The molecule has 1 fully saturated rings. The average Bonchev–Trinajstić information content (AvgIpc) is 2.40. The Morgan fingerprint density at radius 3 is 2.56 bits per heavy atom.